The van der Waals surface area contributed by atoms with Crippen molar-refractivity contribution < 1.29 is 22.3 Å². The average Bonchev–Trinajstić information content (AvgIpc) is 2.40. The second-order valence-electron chi connectivity index (χ2n) is 5.81. The summed E-state index contributed by atoms with van der Waals surface area (Å²) in [5.74, 6) is -1.48. The second kappa shape index (κ2) is 5.98. The molecule has 1 aliphatic carbocycles. The molecule has 0 bridgehead atoms. The monoisotopic (exact) mass is 319 g/mol. The van der Waals surface area contributed by atoms with Gasteiger partial charge in [0.25, 0.3) is 0 Å². The summed E-state index contributed by atoms with van der Waals surface area (Å²) in [7, 11) is -4.11. The summed E-state index contributed by atoms with van der Waals surface area (Å²) in [6.07, 6.45) is 2.65. The molecule has 1 saturated carbocycles. The summed E-state index contributed by atoms with van der Waals surface area (Å²) >= 11 is 0. The summed E-state index contributed by atoms with van der Waals surface area (Å²) in [6.45, 7) is 1.91. The zero-order chi connectivity index (χ0) is 15.7. The van der Waals surface area contributed by atoms with Crippen molar-refractivity contribution in [3.8, 4) is 0 Å². The molecule has 2 rings (SSSR count). The van der Waals surface area contributed by atoms with E-state index in [1.807, 2.05) is 0 Å². The summed E-state index contributed by atoms with van der Waals surface area (Å²) in [5.41, 5.74) is -1.10. The zero-order valence-electron chi connectivity index (χ0n) is 11.8. The molecular weight excluding hydrogens is 300 g/mol. The summed E-state index contributed by atoms with van der Waals surface area (Å²) in [4.78, 5) is -0.614. The molecule has 0 atom stereocenters. The van der Waals surface area contributed by atoms with Gasteiger partial charge in [-0.3, -0.25) is 0 Å². The van der Waals surface area contributed by atoms with Crippen LogP contribution in [0.25, 0.3) is 0 Å². The van der Waals surface area contributed by atoms with Crippen molar-refractivity contribution in [2.45, 2.75) is 43.1 Å². The van der Waals surface area contributed by atoms with Crippen LogP contribution >= 0.6 is 0 Å². The standard InChI is InChI=1S/C14H19F2NO3S/c1-10-4-6-14(18,7-5-10)9-17-21(19,20)13-3-2-11(15)8-12(13)16/h2-3,8,10,17-18H,4-7,9H2,1H3. The first-order valence-corrected chi connectivity index (χ1v) is 8.37. The first kappa shape index (κ1) is 16.3. The van der Waals surface area contributed by atoms with E-state index in [9.17, 15) is 22.3 Å². The van der Waals surface area contributed by atoms with E-state index in [0.717, 1.165) is 25.0 Å². The van der Waals surface area contributed by atoms with Crippen LogP contribution in [0.2, 0.25) is 0 Å². The summed E-state index contributed by atoms with van der Waals surface area (Å²) in [6, 6.07) is 2.28. The Morgan fingerprint density at radius 3 is 2.52 bits per heavy atom. The van der Waals surface area contributed by atoms with Gasteiger partial charge < -0.3 is 5.11 Å². The lowest BCUT2D eigenvalue weighted by Gasteiger charge is -2.34. The van der Waals surface area contributed by atoms with Gasteiger partial charge in [-0.1, -0.05) is 6.92 Å². The Morgan fingerprint density at radius 2 is 1.95 bits per heavy atom. The van der Waals surface area contributed by atoms with Crippen LogP contribution in [0, 0.1) is 17.6 Å². The van der Waals surface area contributed by atoms with Gasteiger partial charge in [0, 0.05) is 12.6 Å². The fraction of sp³-hybridized carbons (Fsp3) is 0.571. The van der Waals surface area contributed by atoms with Gasteiger partial charge in [-0.2, -0.15) is 0 Å². The molecule has 0 saturated heterocycles. The molecule has 7 heteroatoms. The fourth-order valence-electron chi connectivity index (χ4n) is 2.48. The molecule has 0 aromatic heterocycles. The van der Waals surface area contributed by atoms with E-state index >= 15 is 0 Å². The van der Waals surface area contributed by atoms with Crippen LogP contribution in [0.4, 0.5) is 8.78 Å². The molecule has 1 aliphatic rings. The van der Waals surface area contributed by atoms with Crippen LogP contribution in [0.5, 0.6) is 0 Å². The predicted molar refractivity (Wildman–Crippen MR) is 74.1 cm³/mol. The van der Waals surface area contributed by atoms with E-state index in [0.29, 0.717) is 24.8 Å². The van der Waals surface area contributed by atoms with Crippen molar-refractivity contribution >= 4 is 10.0 Å². The minimum Gasteiger partial charge on any atom is -0.389 e. The van der Waals surface area contributed by atoms with Crippen molar-refractivity contribution in [3.63, 3.8) is 0 Å². The Kier molecular flexibility index (Phi) is 4.65. The molecule has 21 heavy (non-hydrogen) atoms. The predicted octanol–water partition coefficient (Wildman–Crippen LogP) is 2.18. The third kappa shape index (κ3) is 3.99. The van der Waals surface area contributed by atoms with Crippen LogP contribution in [0.15, 0.2) is 23.1 Å². The first-order valence-electron chi connectivity index (χ1n) is 6.89. The lowest BCUT2D eigenvalue weighted by atomic mass is 9.80. The van der Waals surface area contributed by atoms with Crippen LogP contribution in [-0.2, 0) is 10.0 Å². The highest BCUT2D eigenvalue weighted by Crippen LogP contribution is 2.31. The normalized spacial score (nSPS) is 26.8. The Labute approximate surface area is 123 Å². The molecule has 0 unspecified atom stereocenters. The Balaban J connectivity index is 2.08. The van der Waals surface area contributed by atoms with Gasteiger partial charge in [0.2, 0.25) is 10.0 Å². The van der Waals surface area contributed by atoms with Crippen LogP contribution in [0.1, 0.15) is 32.6 Å². The molecule has 2 N–H and O–H groups in total. The lowest BCUT2D eigenvalue weighted by molar-refractivity contribution is -0.00184. The number of rotatable bonds is 4. The van der Waals surface area contributed by atoms with Crippen molar-refractivity contribution in [2.75, 3.05) is 6.54 Å². The smallest absolute Gasteiger partial charge is 0.243 e. The Bertz CT molecular complexity index is 611. The van der Waals surface area contributed by atoms with Crippen molar-refractivity contribution in [3.05, 3.63) is 29.8 Å². The van der Waals surface area contributed by atoms with Gasteiger partial charge in [0.15, 0.2) is 0 Å². The van der Waals surface area contributed by atoms with Crippen LogP contribution in [0.3, 0.4) is 0 Å². The SMILES string of the molecule is CC1CCC(O)(CNS(=O)(=O)c2ccc(F)cc2F)CC1. The minimum atomic E-state index is -4.11. The molecule has 1 aromatic carbocycles. The highest BCUT2D eigenvalue weighted by molar-refractivity contribution is 7.89. The maximum atomic E-state index is 13.5. The minimum absolute atomic E-state index is 0.168. The highest BCUT2D eigenvalue weighted by atomic mass is 32.2. The summed E-state index contributed by atoms with van der Waals surface area (Å²) < 4.78 is 52.6. The number of benzene rings is 1. The quantitative estimate of drug-likeness (QED) is 0.894. The van der Waals surface area contributed by atoms with Gasteiger partial charge >= 0.3 is 0 Å². The highest BCUT2D eigenvalue weighted by Gasteiger charge is 2.33. The molecule has 1 aromatic rings. The number of hydrogen-bond acceptors (Lipinski definition) is 3. The molecule has 1 fully saturated rings. The maximum Gasteiger partial charge on any atom is 0.243 e. The van der Waals surface area contributed by atoms with E-state index in [-0.39, 0.29) is 6.54 Å². The summed E-state index contributed by atoms with van der Waals surface area (Å²) in [5, 5.41) is 10.3. The number of hydrogen-bond donors (Lipinski definition) is 2. The number of aliphatic hydroxyl groups is 1. The van der Waals surface area contributed by atoms with Crippen LogP contribution < -0.4 is 4.72 Å². The van der Waals surface area contributed by atoms with Gasteiger partial charge in [-0.05, 0) is 43.7 Å². The molecule has 0 amide bonds. The number of sulfonamides is 1. The van der Waals surface area contributed by atoms with Crippen molar-refractivity contribution in [2.24, 2.45) is 5.92 Å². The molecule has 0 aliphatic heterocycles. The van der Waals surface area contributed by atoms with Gasteiger partial charge in [-0.25, -0.2) is 21.9 Å². The lowest BCUT2D eigenvalue weighted by Crippen LogP contribution is -2.45. The van der Waals surface area contributed by atoms with Crippen molar-refractivity contribution in [1.29, 1.82) is 0 Å². The molecule has 0 radical (unpaired) electrons. The van der Waals surface area contributed by atoms with Crippen molar-refractivity contribution in [1.82, 2.24) is 4.72 Å². The molecule has 0 spiro atoms. The van der Waals surface area contributed by atoms with Gasteiger partial charge in [0.05, 0.1) is 5.60 Å². The Hall–Kier alpha value is -1.05. The van der Waals surface area contributed by atoms with Gasteiger partial charge in [-0.15, -0.1) is 0 Å². The average molecular weight is 319 g/mol. The topological polar surface area (TPSA) is 66.4 Å². The molecule has 4 nitrogen and oxygen atoms in total. The van der Waals surface area contributed by atoms with E-state index in [2.05, 4.69) is 11.6 Å². The first-order chi connectivity index (χ1) is 9.72. The van der Waals surface area contributed by atoms with E-state index < -0.39 is 32.2 Å². The third-order valence-electron chi connectivity index (χ3n) is 3.98. The second-order valence-corrected chi connectivity index (χ2v) is 7.54. The maximum absolute atomic E-state index is 13.5. The number of halogens is 2. The number of nitrogens with one attached hydrogen (secondary N) is 1. The van der Waals surface area contributed by atoms with E-state index in [1.165, 1.54) is 0 Å². The Morgan fingerprint density at radius 1 is 1.33 bits per heavy atom. The largest absolute Gasteiger partial charge is 0.389 e. The molecule has 0 heterocycles. The van der Waals surface area contributed by atoms with Gasteiger partial charge in [0.1, 0.15) is 16.5 Å². The van der Waals surface area contributed by atoms with Crippen LogP contribution in [-0.4, -0.2) is 25.7 Å². The molecular formula is C14H19F2NO3S. The zero-order valence-corrected chi connectivity index (χ0v) is 12.6. The van der Waals surface area contributed by atoms with E-state index in [1.54, 1.807) is 0 Å². The fourth-order valence-corrected chi connectivity index (χ4v) is 3.65. The third-order valence-corrected chi connectivity index (χ3v) is 5.41. The van der Waals surface area contributed by atoms with E-state index in [4.69, 9.17) is 0 Å². The molecule has 118 valence electrons.